The van der Waals surface area contributed by atoms with Crippen LogP contribution in [-0.4, -0.2) is 33.8 Å². The predicted octanol–water partition coefficient (Wildman–Crippen LogP) is 2.50. The van der Waals surface area contributed by atoms with Gasteiger partial charge in [-0.25, -0.2) is 9.38 Å². The van der Waals surface area contributed by atoms with E-state index in [4.69, 9.17) is 0 Å². The summed E-state index contributed by atoms with van der Waals surface area (Å²) in [7, 11) is 0. The normalized spacial score (nSPS) is 11.6. The molecule has 0 saturated carbocycles. The zero-order valence-corrected chi connectivity index (χ0v) is 15.5. The topological polar surface area (TPSA) is 67.1 Å². The van der Waals surface area contributed by atoms with E-state index in [1.54, 1.807) is 12.4 Å². The molecule has 0 aliphatic rings. The van der Waals surface area contributed by atoms with E-state index in [2.05, 4.69) is 48.7 Å². The minimum absolute atomic E-state index is 0.277. The standard InChI is InChI=1S/C16H22BrFN6/c1-3-15-23-22-11-24(15)8-7-20-16(19-4-2)21-10-12-5-6-13(17)14(18)9-12/h5-6,9,11H,3-4,7-8,10H2,1-2H3,(H2,19,20,21). The molecule has 0 aliphatic heterocycles. The summed E-state index contributed by atoms with van der Waals surface area (Å²) in [5.74, 6) is 1.39. The van der Waals surface area contributed by atoms with Crippen molar-refractivity contribution in [1.82, 2.24) is 25.4 Å². The zero-order valence-electron chi connectivity index (χ0n) is 13.9. The number of hydrogen-bond donors (Lipinski definition) is 2. The average molecular weight is 397 g/mol. The molecule has 0 fully saturated rings. The summed E-state index contributed by atoms with van der Waals surface area (Å²) in [6.45, 7) is 6.68. The molecule has 0 radical (unpaired) electrons. The van der Waals surface area contributed by atoms with Gasteiger partial charge in [0.1, 0.15) is 18.0 Å². The van der Waals surface area contributed by atoms with Crippen molar-refractivity contribution in [2.45, 2.75) is 33.4 Å². The Labute approximate surface area is 149 Å². The number of aliphatic imine (C=N–C) groups is 1. The van der Waals surface area contributed by atoms with E-state index in [9.17, 15) is 4.39 Å². The smallest absolute Gasteiger partial charge is 0.191 e. The summed E-state index contributed by atoms with van der Waals surface area (Å²) in [4.78, 5) is 4.49. The van der Waals surface area contributed by atoms with Gasteiger partial charge in [-0.3, -0.25) is 0 Å². The Morgan fingerprint density at radius 2 is 2.17 bits per heavy atom. The molecule has 8 heteroatoms. The summed E-state index contributed by atoms with van der Waals surface area (Å²) in [6.07, 6.45) is 2.58. The largest absolute Gasteiger partial charge is 0.357 e. The average Bonchev–Trinajstić information content (AvgIpc) is 3.03. The molecule has 0 unspecified atom stereocenters. The first kappa shape index (κ1) is 18.4. The van der Waals surface area contributed by atoms with E-state index in [0.29, 0.717) is 23.5 Å². The highest BCUT2D eigenvalue weighted by molar-refractivity contribution is 9.10. The molecule has 0 aliphatic carbocycles. The molecule has 2 N–H and O–H groups in total. The van der Waals surface area contributed by atoms with Crippen LogP contribution in [0.4, 0.5) is 4.39 Å². The minimum atomic E-state index is -0.277. The van der Waals surface area contributed by atoms with E-state index < -0.39 is 0 Å². The first-order valence-electron chi connectivity index (χ1n) is 7.96. The lowest BCUT2D eigenvalue weighted by Crippen LogP contribution is -2.38. The Hall–Kier alpha value is -1.96. The minimum Gasteiger partial charge on any atom is -0.357 e. The molecule has 1 aromatic carbocycles. The molecule has 0 atom stereocenters. The monoisotopic (exact) mass is 396 g/mol. The van der Waals surface area contributed by atoms with Crippen LogP contribution in [0.3, 0.4) is 0 Å². The molecule has 0 amide bonds. The first-order chi connectivity index (χ1) is 11.6. The Balaban J connectivity index is 1.91. The number of guanidine groups is 1. The van der Waals surface area contributed by atoms with E-state index in [-0.39, 0.29) is 5.82 Å². The van der Waals surface area contributed by atoms with Gasteiger partial charge in [0.25, 0.3) is 0 Å². The summed E-state index contributed by atoms with van der Waals surface area (Å²) in [5, 5.41) is 14.4. The second-order valence-corrected chi connectivity index (χ2v) is 6.02. The number of rotatable bonds is 7. The van der Waals surface area contributed by atoms with Crippen molar-refractivity contribution < 1.29 is 4.39 Å². The zero-order chi connectivity index (χ0) is 17.4. The number of aromatic nitrogens is 3. The van der Waals surface area contributed by atoms with Crippen molar-refractivity contribution in [2.75, 3.05) is 13.1 Å². The number of nitrogens with one attached hydrogen (secondary N) is 2. The van der Waals surface area contributed by atoms with Gasteiger partial charge >= 0.3 is 0 Å². The fourth-order valence-electron chi connectivity index (χ4n) is 2.18. The molecular formula is C16H22BrFN6. The highest BCUT2D eigenvalue weighted by atomic mass is 79.9. The fourth-order valence-corrected chi connectivity index (χ4v) is 2.43. The van der Waals surface area contributed by atoms with Gasteiger partial charge in [-0.05, 0) is 40.5 Å². The van der Waals surface area contributed by atoms with E-state index >= 15 is 0 Å². The predicted molar refractivity (Wildman–Crippen MR) is 96.3 cm³/mol. The quantitative estimate of drug-likeness (QED) is 0.557. The Morgan fingerprint density at radius 1 is 1.33 bits per heavy atom. The molecule has 1 aromatic heterocycles. The molecule has 0 spiro atoms. The van der Waals surface area contributed by atoms with Crippen LogP contribution < -0.4 is 10.6 Å². The van der Waals surface area contributed by atoms with Crippen molar-refractivity contribution in [2.24, 2.45) is 4.99 Å². The molecule has 2 aromatic rings. The lowest BCUT2D eigenvalue weighted by Gasteiger charge is -2.12. The summed E-state index contributed by atoms with van der Waals surface area (Å²) < 4.78 is 16.0. The number of hydrogen-bond acceptors (Lipinski definition) is 3. The molecule has 6 nitrogen and oxygen atoms in total. The lowest BCUT2D eigenvalue weighted by molar-refractivity contribution is 0.618. The molecule has 24 heavy (non-hydrogen) atoms. The molecule has 1 heterocycles. The first-order valence-corrected chi connectivity index (χ1v) is 8.76. The van der Waals surface area contributed by atoms with Gasteiger partial charge in [0.15, 0.2) is 5.96 Å². The van der Waals surface area contributed by atoms with E-state index in [1.165, 1.54) is 6.07 Å². The van der Waals surface area contributed by atoms with Gasteiger partial charge in [-0.2, -0.15) is 0 Å². The number of aryl methyl sites for hydroxylation is 1. The summed E-state index contributed by atoms with van der Waals surface area (Å²) >= 11 is 3.15. The second kappa shape index (κ2) is 9.36. The van der Waals surface area contributed by atoms with Gasteiger partial charge in [0.2, 0.25) is 0 Å². The van der Waals surface area contributed by atoms with Crippen molar-refractivity contribution >= 4 is 21.9 Å². The van der Waals surface area contributed by atoms with Crippen LogP contribution in [0.15, 0.2) is 34.0 Å². The Bertz CT molecular complexity index is 685. The molecular weight excluding hydrogens is 375 g/mol. The number of halogens is 2. The van der Waals surface area contributed by atoms with Crippen LogP contribution in [0.1, 0.15) is 25.2 Å². The van der Waals surface area contributed by atoms with Crippen LogP contribution in [0.25, 0.3) is 0 Å². The highest BCUT2D eigenvalue weighted by Crippen LogP contribution is 2.16. The third-order valence-electron chi connectivity index (χ3n) is 3.41. The van der Waals surface area contributed by atoms with Crippen LogP contribution in [0, 0.1) is 5.82 Å². The van der Waals surface area contributed by atoms with Gasteiger partial charge in [-0.15, -0.1) is 10.2 Å². The summed E-state index contributed by atoms with van der Waals surface area (Å²) in [5.41, 5.74) is 0.819. The van der Waals surface area contributed by atoms with Gasteiger partial charge in [0, 0.05) is 26.1 Å². The maximum atomic E-state index is 13.5. The highest BCUT2D eigenvalue weighted by Gasteiger charge is 2.03. The van der Waals surface area contributed by atoms with Crippen LogP contribution in [-0.2, 0) is 19.5 Å². The van der Waals surface area contributed by atoms with Crippen molar-refractivity contribution in [1.29, 1.82) is 0 Å². The van der Waals surface area contributed by atoms with Crippen LogP contribution in [0.5, 0.6) is 0 Å². The SMILES string of the molecule is CCNC(=NCc1ccc(Br)c(F)c1)NCCn1cnnc1CC. The third kappa shape index (κ3) is 5.30. The Kier molecular flexibility index (Phi) is 7.17. The Morgan fingerprint density at radius 3 is 2.88 bits per heavy atom. The second-order valence-electron chi connectivity index (χ2n) is 5.16. The van der Waals surface area contributed by atoms with Crippen molar-refractivity contribution in [3.63, 3.8) is 0 Å². The third-order valence-corrected chi connectivity index (χ3v) is 4.05. The van der Waals surface area contributed by atoms with E-state index in [0.717, 1.165) is 30.9 Å². The number of benzene rings is 1. The molecule has 0 saturated heterocycles. The summed E-state index contributed by atoms with van der Waals surface area (Å²) in [6, 6.07) is 5.03. The van der Waals surface area contributed by atoms with E-state index in [1.807, 2.05) is 17.6 Å². The van der Waals surface area contributed by atoms with Crippen LogP contribution >= 0.6 is 15.9 Å². The van der Waals surface area contributed by atoms with Crippen LogP contribution in [0.2, 0.25) is 0 Å². The molecule has 130 valence electrons. The van der Waals surface area contributed by atoms with Gasteiger partial charge in [0.05, 0.1) is 11.0 Å². The van der Waals surface area contributed by atoms with Crippen molar-refractivity contribution in [3.8, 4) is 0 Å². The lowest BCUT2D eigenvalue weighted by atomic mass is 10.2. The molecule has 0 bridgehead atoms. The molecule has 2 rings (SSSR count). The maximum absolute atomic E-state index is 13.5. The maximum Gasteiger partial charge on any atom is 0.191 e. The van der Waals surface area contributed by atoms with Gasteiger partial charge in [-0.1, -0.05) is 13.0 Å². The number of nitrogens with zero attached hydrogens (tertiary/aromatic N) is 4. The van der Waals surface area contributed by atoms with Gasteiger partial charge < -0.3 is 15.2 Å². The fraction of sp³-hybridized carbons (Fsp3) is 0.438. The van der Waals surface area contributed by atoms with Crippen molar-refractivity contribution in [3.05, 3.63) is 46.2 Å².